The maximum Gasteiger partial charge on any atom is 0.107 e. The van der Waals surface area contributed by atoms with E-state index in [1.54, 1.807) is 0 Å². The molecule has 0 saturated carbocycles. The highest BCUT2D eigenvalue weighted by molar-refractivity contribution is 8.06. The van der Waals surface area contributed by atoms with Crippen LogP contribution in [-0.4, -0.2) is 22.2 Å². The molecule has 0 amide bonds. The molecule has 1 fully saturated rings. The van der Waals surface area contributed by atoms with Crippen molar-refractivity contribution in [2.45, 2.75) is 25.0 Å². The quantitative estimate of drug-likeness (QED) is 0.807. The van der Waals surface area contributed by atoms with E-state index in [4.69, 9.17) is 4.98 Å². The van der Waals surface area contributed by atoms with Gasteiger partial charge in [0.15, 0.2) is 0 Å². The van der Waals surface area contributed by atoms with Crippen LogP contribution in [0.25, 0.3) is 0 Å². The topological polar surface area (TPSA) is 12.9 Å². The molecule has 2 heterocycles. The van der Waals surface area contributed by atoms with Gasteiger partial charge in [-0.15, -0.1) is 23.1 Å². The minimum absolute atomic E-state index is 0.671. The summed E-state index contributed by atoms with van der Waals surface area (Å²) in [5.41, 5.74) is 1.30. The predicted molar refractivity (Wildman–Crippen MR) is 68.6 cm³/mol. The molecular formula is C10H15NS3. The molecule has 1 nitrogen and oxygen atoms in total. The number of aromatic nitrogens is 1. The Bertz CT molecular complexity index is 279. The highest BCUT2D eigenvalue weighted by Gasteiger charge is 2.19. The van der Waals surface area contributed by atoms with E-state index in [-0.39, 0.29) is 0 Å². The van der Waals surface area contributed by atoms with E-state index in [1.165, 1.54) is 34.4 Å². The van der Waals surface area contributed by atoms with Crippen molar-refractivity contribution >= 4 is 34.9 Å². The van der Waals surface area contributed by atoms with Gasteiger partial charge >= 0.3 is 0 Å². The van der Waals surface area contributed by atoms with E-state index in [0.717, 1.165) is 6.42 Å². The van der Waals surface area contributed by atoms with Gasteiger partial charge in [0.25, 0.3) is 0 Å². The van der Waals surface area contributed by atoms with E-state index >= 15 is 0 Å². The van der Waals surface area contributed by atoms with Crippen LogP contribution < -0.4 is 0 Å². The second kappa shape index (κ2) is 5.42. The molecule has 0 aliphatic carbocycles. The van der Waals surface area contributed by atoms with Crippen molar-refractivity contribution in [1.29, 1.82) is 0 Å². The summed E-state index contributed by atoms with van der Waals surface area (Å²) in [6.07, 6.45) is 2.34. The van der Waals surface area contributed by atoms with Gasteiger partial charge in [-0.25, -0.2) is 4.98 Å². The molecule has 4 heteroatoms. The minimum Gasteiger partial charge on any atom is -0.245 e. The Kier molecular flexibility index (Phi) is 4.20. The van der Waals surface area contributed by atoms with Crippen LogP contribution in [0.15, 0.2) is 5.38 Å². The Hall–Kier alpha value is 0.330. The summed E-state index contributed by atoms with van der Waals surface area (Å²) in [6, 6.07) is 0. The van der Waals surface area contributed by atoms with Crippen LogP contribution in [0.3, 0.4) is 0 Å². The van der Waals surface area contributed by atoms with E-state index in [2.05, 4.69) is 35.8 Å². The Labute approximate surface area is 98.1 Å². The second-order valence-corrected chi connectivity index (χ2v) is 6.71. The lowest BCUT2D eigenvalue weighted by Crippen LogP contribution is -2.06. The smallest absolute Gasteiger partial charge is 0.107 e. The number of hydrogen-bond donors (Lipinski definition) is 0. The van der Waals surface area contributed by atoms with E-state index in [9.17, 15) is 0 Å². The molecule has 0 aromatic carbocycles. The third-order valence-electron chi connectivity index (χ3n) is 2.17. The van der Waals surface area contributed by atoms with Crippen LogP contribution in [0, 0.1) is 0 Å². The molecule has 0 bridgehead atoms. The van der Waals surface area contributed by atoms with Crippen LogP contribution in [0.1, 0.15) is 29.3 Å². The molecular weight excluding hydrogens is 230 g/mol. The number of thiazole rings is 1. The summed E-state index contributed by atoms with van der Waals surface area (Å²) in [4.78, 5) is 4.71. The first-order valence-corrected chi connectivity index (χ1v) is 8.12. The van der Waals surface area contributed by atoms with Gasteiger partial charge in [0.05, 0.1) is 10.9 Å². The summed E-state index contributed by atoms with van der Waals surface area (Å²) in [6.45, 7) is 2.21. The highest BCUT2D eigenvalue weighted by Crippen LogP contribution is 2.37. The molecule has 0 N–H and O–H groups in total. The third-order valence-corrected chi connectivity index (χ3v) is 6.09. The lowest BCUT2D eigenvalue weighted by atomic mass is 10.3. The van der Waals surface area contributed by atoms with Gasteiger partial charge in [0.2, 0.25) is 0 Å². The van der Waals surface area contributed by atoms with E-state index < -0.39 is 0 Å². The van der Waals surface area contributed by atoms with Crippen LogP contribution in [0.5, 0.6) is 0 Å². The van der Waals surface area contributed by atoms with Gasteiger partial charge < -0.3 is 0 Å². The Morgan fingerprint density at radius 2 is 2.43 bits per heavy atom. The Balaban J connectivity index is 2.00. The van der Waals surface area contributed by atoms with Gasteiger partial charge in [-0.3, -0.25) is 0 Å². The highest BCUT2D eigenvalue weighted by atomic mass is 32.2. The van der Waals surface area contributed by atoms with Gasteiger partial charge in [0.1, 0.15) is 5.01 Å². The third kappa shape index (κ3) is 2.67. The van der Waals surface area contributed by atoms with Crippen LogP contribution >= 0.6 is 34.9 Å². The van der Waals surface area contributed by atoms with Gasteiger partial charge in [0, 0.05) is 22.6 Å². The zero-order valence-electron chi connectivity index (χ0n) is 8.36. The maximum absolute atomic E-state index is 4.71. The first-order chi connectivity index (χ1) is 6.90. The number of thioether (sulfide) groups is 2. The van der Waals surface area contributed by atoms with Crippen LogP contribution in [0.4, 0.5) is 0 Å². The maximum atomic E-state index is 4.71. The molecule has 1 saturated heterocycles. The Morgan fingerprint density at radius 3 is 3.14 bits per heavy atom. The first-order valence-electron chi connectivity index (χ1n) is 5.04. The van der Waals surface area contributed by atoms with Gasteiger partial charge in [-0.1, -0.05) is 13.3 Å². The van der Waals surface area contributed by atoms with Crippen molar-refractivity contribution in [3.05, 3.63) is 16.1 Å². The predicted octanol–water partition coefficient (Wildman–Crippen LogP) is 3.62. The standard InChI is InChI=1S/C10H15NS3/c1-2-3-8-6-14-10(11-8)9-7-12-4-5-13-9/h6,9H,2-5,7H2,1H3. The molecule has 1 aromatic rings. The minimum atomic E-state index is 0.671. The van der Waals surface area contributed by atoms with Crippen LogP contribution in [0.2, 0.25) is 0 Å². The summed E-state index contributed by atoms with van der Waals surface area (Å²) in [5, 5.41) is 4.26. The lowest BCUT2D eigenvalue weighted by molar-refractivity contribution is 0.879. The average Bonchev–Trinajstić information content (AvgIpc) is 2.68. The SMILES string of the molecule is CCCc1csc(C2CSCCS2)n1. The zero-order chi connectivity index (χ0) is 9.80. The molecule has 1 aliphatic rings. The fourth-order valence-corrected chi connectivity index (χ4v) is 5.33. The number of nitrogens with zero attached hydrogens (tertiary/aromatic N) is 1. The first kappa shape index (κ1) is 10.8. The molecule has 0 spiro atoms. The van der Waals surface area contributed by atoms with Crippen molar-refractivity contribution in [3.63, 3.8) is 0 Å². The summed E-state index contributed by atoms with van der Waals surface area (Å²) >= 11 is 5.99. The summed E-state index contributed by atoms with van der Waals surface area (Å²) < 4.78 is 0. The molecule has 1 unspecified atom stereocenters. The van der Waals surface area contributed by atoms with Crippen molar-refractivity contribution in [2.75, 3.05) is 17.3 Å². The van der Waals surface area contributed by atoms with Crippen molar-refractivity contribution in [3.8, 4) is 0 Å². The number of hydrogen-bond acceptors (Lipinski definition) is 4. The molecule has 2 rings (SSSR count). The monoisotopic (exact) mass is 245 g/mol. The van der Waals surface area contributed by atoms with Crippen molar-refractivity contribution in [1.82, 2.24) is 4.98 Å². The zero-order valence-corrected chi connectivity index (χ0v) is 10.8. The average molecular weight is 245 g/mol. The fraction of sp³-hybridized carbons (Fsp3) is 0.700. The number of aryl methyl sites for hydroxylation is 1. The molecule has 1 aromatic heterocycles. The Morgan fingerprint density at radius 1 is 1.50 bits per heavy atom. The molecule has 78 valence electrons. The molecule has 1 aliphatic heterocycles. The van der Waals surface area contributed by atoms with Gasteiger partial charge in [-0.2, -0.15) is 11.8 Å². The molecule has 1 atom stereocenters. The largest absolute Gasteiger partial charge is 0.245 e. The van der Waals surface area contributed by atoms with Crippen LogP contribution in [-0.2, 0) is 6.42 Å². The number of rotatable bonds is 3. The molecule has 0 radical (unpaired) electrons. The normalized spacial score (nSPS) is 22.5. The fourth-order valence-electron chi connectivity index (χ4n) is 1.47. The summed E-state index contributed by atoms with van der Waals surface area (Å²) in [5.74, 6) is 3.86. The second-order valence-electron chi connectivity index (χ2n) is 3.36. The van der Waals surface area contributed by atoms with Crippen molar-refractivity contribution in [2.24, 2.45) is 0 Å². The lowest BCUT2D eigenvalue weighted by Gasteiger charge is -2.18. The summed E-state index contributed by atoms with van der Waals surface area (Å²) in [7, 11) is 0. The van der Waals surface area contributed by atoms with E-state index in [0.29, 0.717) is 5.25 Å². The van der Waals surface area contributed by atoms with Gasteiger partial charge in [-0.05, 0) is 6.42 Å². The van der Waals surface area contributed by atoms with E-state index in [1.807, 2.05) is 11.3 Å². The molecule has 14 heavy (non-hydrogen) atoms. The van der Waals surface area contributed by atoms with Crippen molar-refractivity contribution < 1.29 is 0 Å².